The molecule has 0 spiro atoms. The van der Waals surface area contributed by atoms with Crippen LogP contribution in [0.3, 0.4) is 0 Å². The molecule has 3 aromatic rings. The Morgan fingerprint density at radius 1 is 0.882 bits per heavy atom. The number of benzene rings is 3. The molecular weight excluding hydrogens is 487 g/mol. The first-order chi connectivity index (χ1) is 16.3. The molecule has 0 radical (unpaired) electrons. The average molecular weight is 516 g/mol. The topological polar surface area (TPSA) is 49.4 Å². The van der Waals surface area contributed by atoms with Gasteiger partial charge in [-0.3, -0.25) is 9.59 Å². The minimum Gasteiger partial charge on any atom is -0.352 e. The molecule has 0 saturated carbocycles. The smallest absolute Gasteiger partial charge is 0.243 e. The van der Waals surface area contributed by atoms with Gasteiger partial charge in [0.2, 0.25) is 11.8 Å². The number of carbonyl (C=O) groups excluding carboxylic acids is 2. The van der Waals surface area contributed by atoms with Crippen LogP contribution in [0.25, 0.3) is 0 Å². The van der Waals surface area contributed by atoms with Gasteiger partial charge in [0.05, 0.1) is 5.75 Å². The maximum atomic E-state index is 13.6. The van der Waals surface area contributed by atoms with Gasteiger partial charge in [-0.05, 0) is 43.7 Å². The van der Waals surface area contributed by atoms with Crippen molar-refractivity contribution in [2.75, 3.05) is 5.75 Å². The summed E-state index contributed by atoms with van der Waals surface area (Å²) in [6.07, 6.45) is 0.378. The molecule has 0 heterocycles. The maximum Gasteiger partial charge on any atom is 0.243 e. The number of nitrogens with zero attached hydrogens (tertiary/aromatic N) is 1. The first-order valence-corrected chi connectivity index (χ1v) is 12.8. The molecule has 1 atom stereocenters. The van der Waals surface area contributed by atoms with Gasteiger partial charge in [0.15, 0.2) is 0 Å². The number of carbonyl (C=O) groups is 2. The molecular formula is C27H28Cl2N2O2S. The molecule has 0 bridgehead atoms. The number of nitrogens with one attached hydrogen (secondary N) is 1. The maximum absolute atomic E-state index is 13.6. The molecule has 0 aliphatic carbocycles. The van der Waals surface area contributed by atoms with E-state index in [4.69, 9.17) is 23.2 Å². The summed E-state index contributed by atoms with van der Waals surface area (Å²) in [6.45, 7) is 3.94. The summed E-state index contributed by atoms with van der Waals surface area (Å²) >= 11 is 14.3. The van der Waals surface area contributed by atoms with Crippen molar-refractivity contribution in [3.8, 4) is 0 Å². The van der Waals surface area contributed by atoms with Crippen LogP contribution in [0.4, 0.5) is 0 Å². The Kier molecular flexibility index (Phi) is 9.87. The summed E-state index contributed by atoms with van der Waals surface area (Å²) in [4.78, 5) is 29.6. The van der Waals surface area contributed by atoms with Gasteiger partial charge >= 0.3 is 0 Å². The number of rotatable bonds is 10. The van der Waals surface area contributed by atoms with Crippen LogP contribution in [0.15, 0.2) is 83.8 Å². The molecule has 0 saturated heterocycles. The van der Waals surface area contributed by atoms with E-state index in [1.807, 2.05) is 74.5 Å². The van der Waals surface area contributed by atoms with Gasteiger partial charge in [-0.2, -0.15) is 0 Å². The molecule has 0 fully saturated rings. The van der Waals surface area contributed by atoms with E-state index in [0.717, 1.165) is 10.5 Å². The zero-order chi connectivity index (χ0) is 24.5. The fraction of sp³-hybridized carbons (Fsp3) is 0.259. The number of thioether (sulfide) groups is 1. The Morgan fingerprint density at radius 2 is 1.47 bits per heavy atom. The molecule has 3 aromatic carbocycles. The van der Waals surface area contributed by atoms with Crippen LogP contribution in [0.5, 0.6) is 0 Å². The van der Waals surface area contributed by atoms with Gasteiger partial charge in [0, 0.05) is 39.5 Å². The van der Waals surface area contributed by atoms with E-state index >= 15 is 0 Å². The summed E-state index contributed by atoms with van der Waals surface area (Å²) in [5, 5.41) is 3.91. The lowest BCUT2D eigenvalue weighted by molar-refractivity contribution is -0.139. The lowest BCUT2D eigenvalue weighted by Gasteiger charge is -2.32. The van der Waals surface area contributed by atoms with Crippen LogP contribution >= 0.6 is 35.0 Å². The van der Waals surface area contributed by atoms with E-state index in [9.17, 15) is 9.59 Å². The molecule has 0 aromatic heterocycles. The fourth-order valence-corrected chi connectivity index (χ4v) is 4.86. The summed E-state index contributed by atoms with van der Waals surface area (Å²) in [5.74, 6) is -0.184. The Bertz CT molecular complexity index is 1070. The fourth-order valence-electron chi connectivity index (χ4n) is 3.53. The molecule has 0 aliphatic rings. The van der Waals surface area contributed by atoms with Crippen LogP contribution in [-0.4, -0.2) is 34.6 Å². The largest absolute Gasteiger partial charge is 0.352 e. The standard InChI is InChI=1S/C27H28Cl2N2O2S/c1-19(2)30-27(33)25(16-20-10-5-3-6-11-20)31(17-22-23(28)14-9-15-24(22)29)26(32)18-34-21-12-7-4-8-13-21/h3-15,19,25H,16-18H2,1-2H3,(H,30,33)/t25-/m0/s1. The molecule has 3 rings (SSSR count). The second-order valence-electron chi connectivity index (χ2n) is 8.19. The van der Waals surface area contributed by atoms with E-state index in [1.165, 1.54) is 11.8 Å². The molecule has 2 amide bonds. The van der Waals surface area contributed by atoms with Gasteiger partial charge in [0.25, 0.3) is 0 Å². The SMILES string of the molecule is CC(C)NC(=O)[C@H](Cc1ccccc1)N(Cc1c(Cl)cccc1Cl)C(=O)CSc1ccccc1. The van der Waals surface area contributed by atoms with Crippen molar-refractivity contribution in [2.45, 2.75) is 43.8 Å². The van der Waals surface area contributed by atoms with Crippen LogP contribution in [0.2, 0.25) is 10.0 Å². The van der Waals surface area contributed by atoms with Crippen LogP contribution < -0.4 is 5.32 Å². The zero-order valence-electron chi connectivity index (χ0n) is 19.2. The van der Waals surface area contributed by atoms with Crippen molar-refractivity contribution in [3.05, 3.63) is 100 Å². The van der Waals surface area contributed by atoms with Crippen molar-refractivity contribution in [1.82, 2.24) is 10.2 Å². The number of hydrogen-bond acceptors (Lipinski definition) is 3. The van der Waals surface area contributed by atoms with Crippen LogP contribution in [0.1, 0.15) is 25.0 Å². The number of halogens is 2. The van der Waals surface area contributed by atoms with Gasteiger partial charge in [0.1, 0.15) is 6.04 Å². The second-order valence-corrected chi connectivity index (χ2v) is 10.1. The van der Waals surface area contributed by atoms with Gasteiger partial charge in [-0.1, -0.05) is 77.8 Å². The van der Waals surface area contributed by atoms with Crippen molar-refractivity contribution in [1.29, 1.82) is 0 Å². The first kappa shape index (κ1) is 26.1. The third-order valence-electron chi connectivity index (χ3n) is 5.20. The highest BCUT2D eigenvalue weighted by molar-refractivity contribution is 8.00. The predicted molar refractivity (Wildman–Crippen MR) is 141 cm³/mol. The molecule has 34 heavy (non-hydrogen) atoms. The zero-order valence-corrected chi connectivity index (χ0v) is 21.5. The summed E-state index contributed by atoms with van der Waals surface area (Å²) in [5.41, 5.74) is 1.59. The van der Waals surface area contributed by atoms with E-state index in [0.29, 0.717) is 22.0 Å². The van der Waals surface area contributed by atoms with Crippen LogP contribution in [-0.2, 0) is 22.6 Å². The van der Waals surface area contributed by atoms with Crippen LogP contribution in [0, 0.1) is 0 Å². The van der Waals surface area contributed by atoms with E-state index in [-0.39, 0.29) is 30.2 Å². The van der Waals surface area contributed by atoms with Crippen molar-refractivity contribution < 1.29 is 9.59 Å². The van der Waals surface area contributed by atoms with Gasteiger partial charge < -0.3 is 10.2 Å². The number of amides is 2. The van der Waals surface area contributed by atoms with Gasteiger partial charge in [-0.15, -0.1) is 11.8 Å². The lowest BCUT2D eigenvalue weighted by Crippen LogP contribution is -2.52. The highest BCUT2D eigenvalue weighted by Crippen LogP contribution is 2.28. The van der Waals surface area contributed by atoms with E-state index in [2.05, 4.69) is 5.32 Å². The molecule has 1 N–H and O–H groups in total. The third-order valence-corrected chi connectivity index (χ3v) is 6.90. The first-order valence-electron chi connectivity index (χ1n) is 11.1. The second kappa shape index (κ2) is 12.8. The quantitative estimate of drug-likeness (QED) is 0.325. The minimum absolute atomic E-state index is 0.0645. The summed E-state index contributed by atoms with van der Waals surface area (Å²) in [6, 6.07) is 23.9. The van der Waals surface area contributed by atoms with Crippen molar-refractivity contribution in [3.63, 3.8) is 0 Å². The summed E-state index contributed by atoms with van der Waals surface area (Å²) < 4.78 is 0. The van der Waals surface area contributed by atoms with Gasteiger partial charge in [-0.25, -0.2) is 0 Å². The highest BCUT2D eigenvalue weighted by atomic mass is 35.5. The molecule has 0 aliphatic heterocycles. The monoisotopic (exact) mass is 514 g/mol. The average Bonchev–Trinajstić information content (AvgIpc) is 2.82. The normalized spacial score (nSPS) is 11.8. The Balaban J connectivity index is 1.95. The third kappa shape index (κ3) is 7.52. The van der Waals surface area contributed by atoms with Crippen molar-refractivity contribution >= 4 is 46.8 Å². The van der Waals surface area contributed by atoms with E-state index in [1.54, 1.807) is 23.1 Å². The Morgan fingerprint density at radius 3 is 2.06 bits per heavy atom. The molecule has 0 unspecified atom stereocenters. The molecule has 178 valence electrons. The lowest BCUT2D eigenvalue weighted by atomic mass is 10.0. The summed E-state index contributed by atoms with van der Waals surface area (Å²) in [7, 11) is 0. The Labute approximate surface area is 215 Å². The van der Waals surface area contributed by atoms with Crippen molar-refractivity contribution in [2.24, 2.45) is 0 Å². The van der Waals surface area contributed by atoms with E-state index < -0.39 is 6.04 Å². The molecule has 4 nitrogen and oxygen atoms in total. The predicted octanol–water partition coefficient (Wildman–Crippen LogP) is 6.25. The Hall–Kier alpha value is -2.47. The molecule has 7 heteroatoms. The number of hydrogen-bond donors (Lipinski definition) is 1. The minimum atomic E-state index is -0.721. The highest BCUT2D eigenvalue weighted by Gasteiger charge is 2.31.